The van der Waals surface area contributed by atoms with E-state index < -0.39 is 0 Å². The average molecular weight is 407 g/mol. The summed E-state index contributed by atoms with van der Waals surface area (Å²) in [5.41, 5.74) is 3.70. The van der Waals surface area contributed by atoms with Gasteiger partial charge < -0.3 is 15.2 Å². The molecule has 0 fully saturated rings. The number of ether oxygens (including phenoxy) is 1. The highest BCUT2D eigenvalue weighted by atomic mass is 35.5. The van der Waals surface area contributed by atoms with Gasteiger partial charge in [0.15, 0.2) is 0 Å². The zero-order valence-corrected chi connectivity index (χ0v) is 17.0. The first-order valence-electron chi connectivity index (χ1n) is 9.45. The van der Waals surface area contributed by atoms with Gasteiger partial charge >= 0.3 is 0 Å². The molecule has 0 aliphatic heterocycles. The number of aromatic nitrogens is 1. The quantitative estimate of drug-likeness (QED) is 0.457. The van der Waals surface area contributed by atoms with E-state index in [1.807, 2.05) is 73.8 Å². The first-order chi connectivity index (χ1) is 14.1. The number of benzene rings is 2. The minimum absolute atomic E-state index is 0.0742. The number of rotatable bonds is 7. The van der Waals surface area contributed by atoms with Crippen molar-refractivity contribution >= 4 is 11.6 Å². The topological polar surface area (TPSA) is 54.4 Å². The van der Waals surface area contributed by atoms with E-state index in [9.17, 15) is 0 Å². The molecule has 1 atom stereocenters. The molecule has 148 valence electrons. The first-order valence-corrected chi connectivity index (χ1v) is 9.83. The van der Waals surface area contributed by atoms with E-state index in [1.54, 1.807) is 0 Å². The zero-order chi connectivity index (χ0) is 20.5. The summed E-state index contributed by atoms with van der Waals surface area (Å²) >= 11 is 5.93. The van der Waals surface area contributed by atoms with Gasteiger partial charge in [-0.05, 0) is 60.9 Å². The molecular weight excluding hydrogens is 384 g/mol. The van der Waals surface area contributed by atoms with E-state index in [4.69, 9.17) is 21.4 Å². The maximum absolute atomic E-state index is 8.96. The van der Waals surface area contributed by atoms with Crippen molar-refractivity contribution in [3.63, 3.8) is 0 Å². The van der Waals surface area contributed by atoms with Crippen LogP contribution in [0.2, 0.25) is 5.02 Å². The second-order valence-electron chi connectivity index (χ2n) is 6.60. The van der Waals surface area contributed by atoms with Crippen LogP contribution in [-0.2, 0) is 0 Å². The predicted molar refractivity (Wildman–Crippen MR) is 117 cm³/mol. The fourth-order valence-corrected chi connectivity index (χ4v) is 2.72. The third kappa shape index (κ3) is 6.62. The summed E-state index contributed by atoms with van der Waals surface area (Å²) in [5.74, 6) is 6.99. The Morgan fingerprint density at radius 3 is 2.38 bits per heavy atom. The van der Waals surface area contributed by atoms with Crippen molar-refractivity contribution in [2.24, 2.45) is 0 Å². The van der Waals surface area contributed by atoms with Crippen molar-refractivity contribution in [3.8, 4) is 28.7 Å². The third-order valence-corrected chi connectivity index (χ3v) is 4.52. The minimum Gasteiger partial charge on any atom is -0.492 e. The lowest BCUT2D eigenvalue weighted by molar-refractivity contribution is 0.239. The molecule has 29 heavy (non-hydrogen) atoms. The summed E-state index contributed by atoms with van der Waals surface area (Å²) < 4.78 is 5.67. The van der Waals surface area contributed by atoms with E-state index in [0.29, 0.717) is 23.9 Å². The highest BCUT2D eigenvalue weighted by Gasteiger charge is 2.00. The standard InChI is InChI=1S/C24H23ClN2O2/c1-18(17-28)26-14-15-29-24-12-3-19(4-13-24)2-10-23-11-7-21(16-27-23)20-5-8-22(25)9-6-20/h3-9,11-13,16,18,26,28H,14-15,17H2,1H3/t18-/m1/s1. The summed E-state index contributed by atoms with van der Waals surface area (Å²) in [6.45, 7) is 3.26. The van der Waals surface area contributed by atoms with Crippen molar-refractivity contribution in [3.05, 3.63) is 83.1 Å². The fraction of sp³-hybridized carbons (Fsp3) is 0.208. The van der Waals surface area contributed by atoms with Crippen molar-refractivity contribution < 1.29 is 9.84 Å². The summed E-state index contributed by atoms with van der Waals surface area (Å²) in [6.07, 6.45) is 1.82. The van der Waals surface area contributed by atoms with E-state index >= 15 is 0 Å². The van der Waals surface area contributed by atoms with Crippen molar-refractivity contribution in [1.29, 1.82) is 0 Å². The van der Waals surface area contributed by atoms with Crippen LogP contribution in [0.1, 0.15) is 18.2 Å². The van der Waals surface area contributed by atoms with Crippen LogP contribution in [0.25, 0.3) is 11.1 Å². The molecule has 0 unspecified atom stereocenters. The second-order valence-corrected chi connectivity index (χ2v) is 7.04. The normalized spacial score (nSPS) is 11.4. The van der Waals surface area contributed by atoms with Crippen LogP contribution in [0, 0.1) is 11.8 Å². The molecule has 0 aliphatic carbocycles. The van der Waals surface area contributed by atoms with Gasteiger partial charge in [0.05, 0.1) is 6.61 Å². The van der Waals surface area contributed by atoms with Crippen LogP contribution >= 0.6 is 11.6 Å². The van der Waals surface area contributed by atoms with E-state index in [0.717, 1.165) is 22.4 Å². The predicted octanol–water partition coefficient (Wildman–Crippen LogP) is 4.15. The van der Waals surface area contributed by atoms with Crippen LogP contribution in [0.3, 0.4) is 0 Å². The van der Waals surface area contributed by atoms with Crippen molar-refractivity contribution in [1.82, 2.24) is 10.3 Å². The lowest BCUT2D eigenvalue weighted by Gasteiger charge is -2.11. The Morgan fingerprint density at radius 2 is 1.72 bits per heavy atom. The Hall–Kier alpha value is -2.84. The molecule has 0 radical (unpaired) electrons. The molecule has 2 N–H and O–H groups in total. The SMILES string of the molecule is C[C@H](CO)NCCOc1ccc(C#Cc2ccc(-c3ccc(Cl)cc3)cn2)cc1. The molecule has 5 heteroatoms. The summed E-state index contributed by atoms with van der Waals surface area (Å²) in [4.78, 5) is 4.43. The molecule has 1 heterocycles. The number of hydrogen-bond donors (Lipinski definition) is 2. The number of aliphatic hydroxyl groups is 1. The zero-order valence-electron chi connectivity index (χ0n) is 16.2. The Kier molecular flexibility index (Phi) is 7.66. The number of nitrogens with zero attached hydrogens (tertiary/aromatic N) is 1. The van der Waals surface area contributed by atoms with Gasteiger partial charge in [-0.25, -0.2) is 4.98 Å². The molecule has 0 bridgehead atoms. The van der Waals surface area contributed by atoms with E-state index in [2.05, 4.69) is 22.1 Å². The molecule has 0 spiro atoms. The van der Waals surface area contributed by atoms with Crippen molar-refractivity contribution in [2.45, 2.75) is 13.0 Å². The molecule has 2 aromatic carbocycles. The molecule has 0 saturated carbocycles. The number of nitrogens with one attached hydrogen (secondary N) is 1. The first kappa shape index (κ1) is 20.9. The van der Waals surface area contributed by atoms with E-state index in [-0.39, 0.29) is 12.6 Å². The summed E-state index contributed by atoms with van der Waals surface area (Å²) in [5, 5.41) is 12.8. The van der Waals surface area contributed by atoms with E-state index in [1.165, 1.54) is 0 Å². The monoisotopic (exact) mass is 406 g/mol. The van der Waals surface area contributed by atoms with Gasteiger partial charge in [0.1, 0.15) is 18.1 Å². The summed E-state index contributed by atoms with van der Waals surface area (Å²) in [7, 11) is 0. The van der Waals surface area contributed by atoms with Gasteiger partial charge in [0, 0.05) is 34.9 Å². The van der Waals surface area contributed by atoms with Crippen LogP contribution in [0.15, 0.2) is 66.9 Å². The number of halogens is 1. The molecule has 0 saturated heterocycles. The molecule has 3 aromatic rings. The van der Waals surface area contributed by atoms with Gasteiger partial charge in [0.2, 0.25) is 0 Å². The number of pyridine rings is 1. The molecule has 4 nitrogen and oxygen atoms in total. The highest BCUT2D eigenvalue weighted by Crippen LogP contribution is 2.20. The Balaban J connectivity index is 1.55. The summed E-state index contributed by atoms with van der Waals surface area (Å²) in [6, 6.07) is 19.3. The van der Waals surface area contributed by atoms with Crippen LogP contribution < -0.4 is 10.1 Å². The molecule has 3 rings (SSSR count). The smallest absolute Gasteiger partial charge is 0.119 e. The van der Waals surface area contributed by atoms with Gasteiger partial charge in [-0.3, -0.25) is 0 Å². The minimum atomic E-state index is 0.0742. The molecule has 0 aliphatic rings. The number of aliphatic hydroxyl groups excluding tert-OH is 1. The maximum atomic E-state index is 8.96. The van der Waals surface area contributed by atoms with Gasteiger partial charge in [-0.15, -0.1) is 0 Å². The van der Waals surface area contributed by atoms with Gasteiger partial charge in [-0.2, -0.15) is 0 Å². The van der Waals surface area contributed by atoms with Gasteiger partial charge in [0.25, 0.3) is 0 Å². The second kappa shape index (κ2) is 10.6. The van der Waals surface area contributed by atoms with Gasteiger partial charge in [-0.1, -0.05) is 35.7 Å². The number of hydrogen-bond acceptors (Lipinski definition) is 4. The largest absolute Gasteiger partial charge is 0.492 e. The van der Waals surface area contributed by atoms with Crippen LogP contribution in [-0.4, -0.2) is 35.9 Å². The third-order valence-electron chi connectivity index (χ3n) is 4.27. The Labute approximate surface area is 176 Å². The average Bonchev–Trinajstić information content (AvgIpc) is 2.77. The maximum Gasteiger partial charge on any atom is 0.119 e. The Bertz CT molecular complexity index is 959. The van der Waals surface area contributed by atoms with Crippen LogP contribution in [0.4, 0.5) is 0 Å². The van der Waals surface area contributed by atoms with Crippen LogP contribution in [0.5, 0.6) is 5.75 Å². The fourth-order valence-electron chi connectivity index (χ4n) is 2.59. The Morgan fingerprint density at radius 1 is 1.00 bits per heavy atom. The lowest BCUT2D eigenvalue weighted by Crippen LogP contribution is -2.32. The van der Waals surface area contributed by atoms with Crippen molar-refractivity contribution in [2.75, 3.05) is 19.8 Å². The highest BCUT2D eigenvalue weighted by molar-refractivity contribution is 6.30. The molecule has 1 aromatic heterocycles. The lowest BCUT2D eigenvalue weighted by atomic mass is 10.1. The molecule has 0 amide bonds. The molecular formula is C24H23ClN2O2.